The zero-order valence-corrected chi connectivity index (χ0v) is 11.3. The van der Waals surface area contributed by atoms with Crippen LogP contribution in [-0.2, 0) is 4.74 Å². The van der Waals surface area contributed by atoms with Gasteiger partial charge in [-0.25, -0.2) is 4.39 Å². The molecule has 0 radical (unpaired) electrons. The molecule has 2 N–H and O–H groups in total. The quantitative estimate of drug-likeness (QED) is 0.838. The van der Waals surface area contributed by atoms with Crippen LogP contribution in [0.4, 0.5) is 15.8 Å². The predicted molar refractivity (Wildman–Crippen MR) is 71.1 cm³/mol. The Morgan fingerprint density at radius 2 is 2.29 bits per heavy atom. The molecular weight excluding hydrogens is 287 g/mol. The molecule has 1 heterocycles. The maximum atomic E-state index is 13.3. The van der Waals surface area contributed by atoms with Crippen molar-refractivity contribution in [2.75, 3.05) is 30.9 Å². The molecule has 1 aliphatic heterocycles. The molecule has 94 valence electrons. The lowest BCUT2D eigenvalue weighted by Crippen LogP contribution is -2.33. The van der Waals surface area contributed by atoms with E-state index in [1.807, 2.05) is 0 Å². The highest BCUT2D eigenvalue weighted by atomic mass is 79.9. The lowest BCUT2D eigenvalue weighted by molar-refractivity contribution is 0.191. The molecule has 1 aliphatic rings. The summed E-state index contributed by atoms with van der Waals surface area (Å²) in [5, 5.41) is 6.65. The van der Waals surface area contributed by atoms with Gasteiger partial charge in [-0.3, -0.25) is 0 Å². The van der Waals surface area contributed by atoms with Crippen molar-refractivity contribution in [2.45, 2.75) is 18.9 Å². The van der Waals surface area contributed by atoms with E-state index in [1.165, 1.54) is 6.07 Å². The van der Waals surface area contributed by atoms with Crippen LogP contribution in [0.15, 0.2) is 16.6 Å². The van der Waals surface area contributed by atoms with E-state index in [-0.39, 0.29) is 5.82 Å². The van der Waals surface area contributed by atoms with Crippen molar-refractivity contribution in [3.8, 4) is 0 Å². The summed E-state index contributed by atoms with van der Waals surface area (Å²) >= 11 is 3.20. The number of anilines is 2. The predicted octanol–water partition coefficient (Wildman–Crippen LogP) is 3.22. The van der Waals surface area contributed by atoms with Gasteiger partial charge in [-0.2, -0.15) is 0 Å². The van der Waals surface area contributed by atoms with E-state index in [1.54, 1.807) is 13.2 Å². The molecule has 0 aromatic heterocycles. The lowest BCUT2D eigenvalue weighted by atomic mass is 10.1. The Kier molecular flexibility index (Phi) is 4.23. The number of ether oxygens (including phenoxy) is 1. The Morgan fingerprint density at radius 1 is 1.47 bits per heavy atom. The van der Waals surface area contributed by atoms with Crippen LogP contribution in [0.25, 0.3) is 0 Å². The van der Waals surface area contributed by atoms with E-state index in [0.29, 0.717) is 10.5 Å². The SMILES string of the molecule is COCCCC1CNc2cc(F)c(Br)cc2N1. The summed E-state index contributed by atoms with van der Waals surface area (Å²) in [5.74, 6) is -0.240. The number of hydrogen-bond donors (Lipinski definition) is 2. The van der Waals surface area contributed by atoms with E-state index in [9.17, 15) is 4.39 Å². The Bertz CT molecular complexity index is 400. The van der Waals surface area contributed by atoms with Crippen LogP contribution < -0.4 is 10.6 Å². The Hall–Kier alpha value is -0.810. The minimum atomic E-state index is -0.240. The number of hydrogen-bond acceptors (Lipinski definition) is 3. The first-order valence-electron chi connectivity index (χ1n) is 5.69. The van der Waals surface area contributed by atoms with Crippen LogP contribution in [0, 0.1) is 5.82 Å². The highest BCUT2D eigenvalue weighted by molar-refractivity contribution is 9.10. The Balaban J connectivity index is 2.00. The molecule has 0 bridgehead atoms. The number of nitrogens with one attached hydrogen (secondary N) is 2. The van der Waals surface area contributed by atoms with E-state index in [2.05, 4.69) is 26.6 Å². The second kappa shape index (κ2) is 5.69. The molecule has 3 nitrogen and oxygen atoms in total. The van der Waals surface area contributed by atoms with Gasteiger partial charge < -0.3 is 15.4 Å². The Labute approximate surface area is 109 Å². The van der Waals surface area contributed by atoms with E-state index < -0.39 is 0 Å². The topological polar surface area (TPSA) is 33.3 Å². The minimum Gasteiger partial charge on any atom is -0.385 e. The smallest absolute Gasteiger partial charge is 0.139 e. The van der Waals surface area contributed by atoms with E-state index in [0.717, 1.165) is 37.4 Å². The molecule has 0 amide bonds. The second-order valence-corrected chi connectivity index (χ2v) is 5.02. The summed E-state index contributed by atoms with van der Waals surface area (Å²) in [6, 6.07) is 3.66. The molecule has 0 spiro atoms. The van der Waals surface area contributed by atoms with E-state index >= 15 is 0 Å². The first-order chi connectivity index (χ1) is 8.20. The monoisotopic (exact) mass is 302 g/mol. The molecule has 0 fully saturated rings. The third kappa shape index (κ3) is 3.10. The van der Waals surface area contributed by atoms with Gasteiger partial charge in [0, 0.05) is 32.4 Å². The highest BCUT2D eigenvalue weighted by Crippen LogP contribution is 2.32. The number of methoxy groups -OCH3 is 1. The van der Waals surface area contributed by atoms with Gasteiger partial charge in [-0.1, -0.05) is 0 Å². The molecule has 0 saturated carbocycles. The van der Waals surface area contributed by atoms with Crippen molar-refractivity contribution < 1.29 is 9.13 Å². The third-order valence-electron chi connectivity index (χ3n) is 2.86. The molecule has 5 heteroatoms. The third-order valence-corrected chi connectivity index (χ3v) is 3.47. The highest BCUT2D eigenvalue weighted by Gasteiger charge is 2.18. The summed E-state index contributed by atoms with van der Waals surface area (Å²) in [6.07, 6.45) is 2.06. The van der Waals surface area contributed by atoms with Gasteiger partial charge in [-0.05, 0) is 34.8 Å². The molecule has 2 rings (SSSR count). The average molecular weight is 303 g/mol. The summed E-state index contributed by atoms with van der Waals surface area (Å²) in [5.41, 5.74) is 1.78. The molecule has 0 saturated heterocycles. The number of benzene rings is 1. The molecule has 0 aliphatic carbocycles. The number of fused-ring (bicyclic) bond motifs is 1. The minimum absolute atomic E-state index is 0.240. The van der Waals surface area contributed by atoms with Gasteiger partial charge in [0.1, 0.15) is 5.82 Å². The fourth-order valence-electron chi connectivity index (χ4n) is 1.96. The second-order valence-electron chi connectivity index (χ2n) is 4.17. The zero-order valence-electron chi connectivity index (χ0n) is 9.72. The summed E-state index contributed by atoms with van der Waals surface area (Å²) in [7, 11) is 1.71. The van der Waals surface area contributed by atoms with Gasteiger partial charge in [-0.15, -0.1) is 0 Å². The van der Waals surface area contributed by atoms with Crippen molar-refractivity contribution in [1.29, 1.82) is 0 Å². The van der Waals surface area contributed by atoms with Crippen LogP contribution in [0.3, 0.4) is 0 Å². The van der Waals surface area contributed by atoms with E-state index in [4.69, 9.17) is 4.74 Å². The fourth-order valence-corrected chi connectivity index (χ4v) is 2.31. The molecule has 17 heavy (non-hydrogen) atoms. The van der Waals surface area contributed by atoms with Gasteiger partial charge in [0.25, 0.3) is 0 Å². The van der Waals surface area contributed by atoms with Crippen molar-refractivity contribution in [3.05, 3.63) is 22.4 Å². The van der Waals surface area contributed by atoms with Crippen molar-refractivity contribution >= 4 is 27.3 Å². The molecule has 1 atom stereocenters. The van der Waals surface area contributed by atoms with Crippen molar-refractivity contribution in [2.24, 2.45) is 0 Å². The lowest BCUT2D eigenvalue weighted by Gasteiger charge is -2.28. The first kappa shape index (κ1) is 12.6. The molecule has 1 aromatic rings. The normalized spacial score (nSPS) is 18.2. The number of halogens is 2. The molecule has 1 aromatic carbocycles. The van der Waals surface area contributed by atoms with Crippen LogP contribution in [0.1, 0.15) is 12.8 Å². The first-order valence-corrected chi connectivity index (χ1v) is 6.48. The summed E-state index contributed by atoms with van der Waals surface area (Å²) in [4.78, 5) is 0. The standard InChI is InChI=1S/C12H16BrFN2O/c1-17-4-2-3-8-7-15-11-6-10(14)9(13)5-12(11)16-8/h5-6,8,15-16H,2-4,7H2,1H3. The summed E-state index contributed by atoms with van der Waals surface area (Å²) < 4.78 is 18.8. The van der Waals surface area contributed by atoms with Gasteiger partial charge in [0.05, 0.1) is 15.8 Å². The number of rotatable bonds is 4. The maximum absolute atomic E-state index is 13.3. The van der Waals surface area contributed by atoms with Crippen LogP contribution >= 0.6 is 15.9 Å². The van der Waals surface area contributed by atoms with Crippen molar-refractivity contribution in [1.82, 2.24) is 0 Å². The largest absolute Gasteiger partial charge is 0.385 e. The maximum Gasteiger partial charge on any atom is 0.139 e. The Morgan fingerprint density at radius 3 is 3.06 bits per heavy atom. The average Bonchev–Trinajstić information content (AvgIpc) is 2.31. The van der Waals surface area contributed by atoms with Gasteiger partial charge in [0.2, 0.25) is 0 Å². The van der Waals surface area contributed by atoms with Crippen molar-refractivity contribution in [3.63, 3.8) is 0 Å². The fraction of sp³-hybridized carbons (Fsp3) is 0.500. The van der Waals surface area contributed by atoms with Gasteiger partial charge >= 0.3 is 0 Å². The molecule has 1 unspecified atom stereocenters. The van der Waals surface area contributed by atoms with Crippen LogP contribution in [0.5, 0.6) is 0 Å². The van der Waals surface area contributed by atoms with Gasteiger partial charge in [0.15, 0.2) is 0 Å². The van der Waals surface area contributed by atoms with Crippen LogP contribution in [0.2, 0.25) is 0 Å². The molecular formula is C12H16BrFN2O. The van der Waals surface area contributed by atoms with Crippen LogP contribution in [-0.4, -0.2) is 26.3 Å². The summed E-state index contributed by atoms with van der Waals surface area (Å²) in [6.45, 7) is 1.59. The zero-order chi connectivity index (χ0) is 12.3.